The quantitative estimate of drug-likeness (QED) is 0.561. The fourth-order valence-corrected chi connectivity index (χ4v) is 2.68. The molecular formula is C24H23NO2. The van der Waals surface area contributed by atoms with Gasteiger partial charge in [-0.05, 0) is 34.9 Å². The van der Waals surface area contributed by atoms with E-state index in [-0.39, 0.29) is 5.91 Å². The SMILES string of the molecule is CN(Cc1ccccc1)C(=O)/C=C/c1cccc(OCc2ccccc2)c1. The molecule has 0 saturated carbocycles. The van der Waals surface area contributed by atoms with E-state index in [1.807, 2.05) is 91.0 Å². The minimum atomic E-state index is -0.0329. The van der Waals surface area contributed by atoms with Crippen LogP contribution in [0.4, 0.5) is 0 Å². The van der Waals surface area contributed by atoms with E-state index in [0.717, 1.165) is 22.4 Å². The highest BCUT2D eigenvalue weighted by Gasteiger charge is 2.05. The van der Waals surface area contributed by atoms with Crippen molar-refractivity contribution in [3.05, 3.63) is 108 Å². The molecule has 0 N–H and O–H groups in total. The van der Waals surface area contributed by atoms with Crippen LogP contribution in [0.25, 0.3) is 6.08 Å². The predicted molar refractivity (Wildman–Crippen MR) is 109 cm³/mol. The maximum Gasteiger partial charge on any atom is 0.246 e. The molecule has 3 nitrogen and oxygen atoms in total. The molecule has 3 heteroatoms. The molecule has 0 fully saturated rings. The number of carbonyl (C=O) groups excluding carboxylic acids is 1. The maximum absolute atomic E-state index is 12.3. The molecule has 136 valence electrons. The van der Waals surface area contributed by atoms with Crippen molar-refractivity contribution in [2.24, 2.45) is 0 Å². The molecule has 3 aromatic carbocycles. The summed E-state index contributed by atoms with van der Waals surface area (Å²) in [5.41, 5.74) is 3.16. The van der Waals surface area contributed by atoms with Gasteiger partial charge in [-0.2, -0.15) is 0 Å². The molecule has 3 rings (SSSR count). The standard InChI is InChI=1S/C24H23NO2/c1-25(18-21-9-4-2-5-10-21)24(26)16-15-20-13-8-14-23(17-20)27-19-22-11-6-3-7-12-22/h2-17H,18-19H2,1H3/b16-15+. The third-order valence-electron chi connectivity index (χ3n) is 4.16. The highest BCUT2D eigenvalue weighted by molar-refractivity contribution is 5.91. The Hall–Kier alpha value is -3.33. The summed E-state index contributed by atoms with van der Waals surface area (Å²) in [5, 5.41) is 0. The summed E-state index contributed by atoms with van der Waals surface area (Å²) in [6.45, 7) is 1.11. The van der Waals surface area contributed by atoms with Gasteiger partial charge in [0.25, 0.3) is 0 Å². The van der Waals surface area contributed by atoms with Crippen LogP contribution in [0, 0.1) is 0 Å². The number of rotatable bonds is 7. The zero-order valence-corrected chi connectivity index (χ0v) is 15.4. The molecule has 0 heterocycles. The van der Waals surface area contributed by atoms with Gasteiger partial charge in [0.05, 0.1) is 0 Å². The van der Waals surface area contributed by atoms with Crippen LogP contribution in [0.3, 0.4) is 0 Å². The third kappa shape index (κ3) is 5.86. The number of nitrogens with zero attached hydrogens (tertiary/aromatic N) is 1. The van der Waals surface area contributed by atoms with Crippen molar-refractivity contribution in [1.82, 2.24) is 4.90 Å². The van der Waals surface area contributed by atoms with Crippen molar-refractivity contribution >= 4 is 12.0 Å². The summed E-state index contributed by atoms with van der Waals surface area (Å²) >= 11 is 0. The Labute approximate surface area is 160 Å². The molecule has 0 bridgehead atoms. The monoisotopic (exact) mass is 357 g/mol. The molecule has 0 aliphatic heterocycles. The van der Waals surface area contributed by atoms with E-state index in [4.69, 9.17) is 4.74 Å². The van der Waals surface area contributed by atoms with Crippen LogP contribution >= 0.6 is 0 Å². The molecular weight excluding hydrogens is 334 g/mol. The lowest BCUT2D eigenvalue weighted by Crippen LogP contribution is -2.23. The Morgan fingerprint density at radius 1 is 0.889 bits per heavy atom. The second kappa shape index (κ2) is 9.39. The molecule has 1 amide bonds. The molecule has 0 spiro atoms. The highest BCUT2D eigenvalue weighted by Crippen LogP contribution is 2.16. The van der Waals surface area contributed by atoms with Gasteiger partial charge in [-0.15, -0.1) is 0 Å². The molecule has 0 aliphatic rings. The zero-order valence-electron chi connectivity index (χ0n) is 15.4. The lowest BCUT2D eigenvalue weighted by molar-refractivity contribution is -0.125. The Kier molecular flexibility index (Phi) is 6.42. The average Bonchev–Trinajstić information content (AvgIpc) is 2.72. The summed E-state index contributed by atoms with van der Waals surface area (Å²) < 4.78 is 5.84. The van der Waals surface area contributed by atoms with Gasteiger partial charge in [0.2, 0.25) is 5.91 Å². The van der Waals surface area contributed by atoms with Crippen molar-refractivity contribution in [2.45, 2.75) is 13.2 Å². The fourth-order valence-electron chi connectivity index (χ4n) is 2.68. The normalized spacial score (nSPS) is 10.7. The smallest absolute Gasteiger partial charge is 0.246 e. The first kappa shape index (κ1) is 18.5. The Bertz CT molecular complexity index is 889. The number of carbonyl (C=O) groups is 1. The summed E-state index contributed by atoms with van der Waals surface area (Å²) in [7, 11) is 1.80. The highest BCUT2D eigenvalue weighted by atomic mass is 16.5. The first-order valence-corrected chi connectivity index (χ1v) is 8.94. The Morgan fingerprint density at radius 3 is 2.26 bits per heavy atom. The number of likely N-dealkylation sites (N-methyl/N-ethyl adjacent to an activating group) is 1. The largest absolute Gasteiger partial charge is 0.489 e. The van der Waals surface area contributed by atoms with E-state index >= 15 is 0 Å². The van der Waals surface area contributed by atoms with E-state index in [1.54, 1.807) is 18.0 Å². The number of amides is 1. The lowest BCUT2D eigenvalue weighted by atomic mass is 10.2. The van der Waals surface area contributed by atoms with Crippen LogP contribution in [0.1, 0.15) is 16.7 Å². The first-order valence-electron chi connectivity index (χ1n) is 8.94. The number of hydrogen-bond donors (Lipinski definition) is 0. The maximum atomic E-state index is 12.3. The van der Waals surface area contributed by atoms with Crippen molar-refractivity contribution in [3.8, 4) is 5.75 Å². The second-order valence-electron chi connectivity index (χ2n) is 6.36. The molecule has 3 aromatic rings. The molecule has 0 atom stereocenters. The van der Waals surface area contributed by atoms with Gasteiger partial charge in [0, 0.05) is 19.7 Å². The van der Waals surface area contributed by atoms with Crippen LogP contribution in [-0.4, -0.2) is 17.9 Å². The summed E-state index contributed by atoms with van der Waals surface area (Å²) in [4.78, 5) is 14.0. The molecule has 0 radical (unpaired) electrons. The molecule has 0 aromatic heterocycles. The molecule has 0 unspecified atom stereocenters. The van der Waals surface area contributed by atoms with E-state index < -0.39 is 0 Å². The lowest BCUT2D eigenvalue weighted by Gasteiger charge is -2.15. The summed E-state index contributed by atoms with van der Waals surface area (Å²) in [6, 6.07) is 27.7. The van der Waals surface area contributed by atoms with Crippen LogP contribution in [0.2, 0.25) is 0 Å². The fraction of sp³-hybridized carbons (Fsp3) is 0.125. The van der Waals surface area contributed by atoms with Crippen LogP contribution in [0.5, 0.6) is 5.75 Å². The number of ether oxygens (including phenoxy) is 1. The van der Waals surface area contributed by atoms with Gasteiger partial charge in [-0.3, -0.25) is 4.79 Å². The average molecular weight is 357 g/mol. The van der Waals surface area contributed by atoms with Gasteiger partial charge < -0.3 is 9.64 Å². The molecule has 27 heavy (non-hydrogen) atoms. The topological polar surface area (TPSA) is 29.5 Å². The van der Waals surface area contributed by atoms with Gasteiger partial charge in [0.1, 0.15) is 12.4 Å². The first-order chi connectivity index (χ1) is 13.2. The van der Waals surface area contributed by atoms with Gasteiger partial charge in [0.15, 0.2) is 0 Å². The van der Waals surface area contributed by atoms with E-state index in [2.05, 4.69) is 0 Å². The van der Waals surface area contributed by atoms with Gasteiger partial charge >= 0.3 is 0 Å². The Morgan fingerprint density at radius 2 is 1.56 bits per heavy atom. The minimum absolute atomic E-state index is 0.0329. The van der Waals surface area contributed by atoms with Gasteiger partial charge in [-0.25, -0.2) is 0 Å². The number of benzene rings is 3. The summed E-state index contributed by atoms with van der Waals surface area (Å²) in [6.07, 6.45) is 3.42. The second-order valence-corrected chi connectivity index (χ2v) is 6.36. The van der Waals surface area contributed by atoms with Crippen LogP contribution < -0.4 is 4.74 Å². The van der Waals surface area contributed by atoms with Gasteiger partial charge in [-0.1, -0.05) is 72.8 Å². The predicted octanol–water partition coefficient (Wildman–Crippen LogP) is 4.94. The Balaban J connectivity index is 1.57. The van der Waals surface area contributed by atoms with E-state index in [1.165, 1.54) is 0 Å². The van der Waals surface area contributed by atoms with Crippen molar-refractivity contribution in [1.29, 1.82) is 0 Å². The van der Waals surface area contributed by atoms with Crippen molar-refractivity contribution in [2.75, 3.05) is 7.05 Å². The molecule has 0 saturated heterocycles. The third-order valence-corrected chi connectivity index (χ3v) is 4.16. The van der Waals surface area contributed by atoms with Crippen molar-refractivity contribution in [3.63, 3.8) is 0 Å². The van der Waals surface area contributed by atoms with Crippen molar-refractivity contribution < 1.29 is 9.53 Å². The van der Waals surface area contributed by atoms with Crippen LogP contribution in [0.15, 0.2) is 91.0 Å². The number of hydrogen-bond acceptors (Lipinski definition) is 2. The summed E-state index contributed by atoms with van der Waals surface area (Å²) in [5.74, 6) is 0.751. The zero-order chi connectivity index (χ0) is 18.9. The minimum Gasteiger partial charge on any atom is -0.489 e. The van der Waals surface area contributed by atoms with E-state index in [9.17, 15) is 4.79 Å². The van der Waals surface area contributed by atoms with E-state index in [0.29, 0.717) is 13.2 Å². The van der Waals surface area contributed by atoms with Crippen LogP contribution in [-0.2, 0) is 17.9 Å². The molecule has 0 aliphatic carbocycles.